The van der Waals surface area contributed by atoms with Crippen LogP contribution in [0, 0.1) is 15.9 Å². The summed E-state index contributed by atoms with van der Waals surface area (Å²) in [6.07, 6.45) is 0. The van der Waals surface area contributed by atoms with Gasteiger partial charge in [0.05, 0.1) is 4.92 Å². The van der Waals surface area contributed by atoms with E-state index in [4.69, 9.17) is 0 Å². The molecule has 0 aromatic heterocycles. The van der Waals surface area contributed by atoms with E-state index in [0.717, 1.165) is 16.4 Å². The monoisotopic (exact) mass is 402 g/mol. The Bertz CT molecular complexity index is 858. The van der Waals surface area contributed by atoms with Gasteiger partial charge in [-0.25, -0.2) is 12.8 Å². The molecule has 0 atom stereocenters. The second-order valence-electron chi connectivity index (χ2n) is 4.72. The van der Waals surface area contributed by atoms with Gasteiger partial charge in [-0.05, 0) is 24.3 Å². The van der Waals surface area contributed by atoms with Crippen molar-refractivity contribution in [3.8, 4) is 0 Å². The summed E-state index contributed by atoms with van der Waals surface area (Å²) in [4.78, 5) is 9.81. The van der Waals surface area contributed by atoms with Crippen LogP contribution in [0.2, 0.25) is 0 Å². The molecular weight excluding hydrogens is 391 g/mol. The Morgan fingerprint density at radius 2 is 1.91 bits per heavy atom. The molecule has 0 aliphatic heterocycles. The van der Waals surface area contributed by atoms with Crippen LogP contribution in [0.3, 0.4) is 0 Å². The van der Waals surface area contributed by atoms with Crippen molar-refractivity contribution in [1.82, 2.24) is 4.31 Å². The maximum absolute atomic E-state index is 13.8. The summed E-state index contributed by atoms with van der Waals surface area (Å²) >= 11 is 3.19. The normalized spacial score (nSPS) is 11.7. The molecule has 0 saturated heterocycles. The van der Waals surface area contributed by atoms with Gasteiger partial charge in [0.25, 0.3) is 5.69 Å². The van der Waals surface area contributed by atoms with Gasteiger partial charge in [-0.3, -0.25) is 10.1 Å². The van der Waals surface area contributed by atoms with Gasteiger partial charge in [0.2, 0.25) is 10.0 Å². The van der Waals surface area contributed by atoms with Gasteiger partial charge in [-0.15, -0.1) is 0 Å². The lowest BCUT2D eigenvalue weighted by molar-refractivity contribution is -0.387. The fraction of sp³-hybridized carbons (Fsp3) is 0.143. The third kappa shape index (κ3) is 3.74. The first-order chi connectivity index (χ1) is 10.7. The van der Waals surface area contributed by atoms with Crippen molar-refractivity contribution in [2.75, 3.05) is 7.05 Å². The zero-order chi connectivity index (χ0) is 17.2. The molecule has 2 aromatic carbocycles. The molecular formula is C14H12BrFN2O4S. The lowest BCUT2D eigenvalue weighted by Gasteiger charge is -2.17. The number of rotatable bonds is 5. The Kier molecular flexibility index (Phi) is 5.12. The molecule has 0 aliphatic carbocycles. The van der Waals surface area contributed by atoms with E-state index in [1.54, 1.807) is 0 Å². The molecule has 0 spiro atoms. The minimum Gasteiger partial charge on any atom is -0.258 e. The van der Waals surface area contributed by atoms with Gasteiger partial charge in [0.15, 0.2) is 4.90 Å². The molecule has 0 amide bonds. The van der Waals surface area contributed by atoms with E-state index >= 15 is 0 Å². The molecule has 0 saturated carbocycles. The zero-order valence-electron chi connectivity index (χ0n) is 11.9. The molecule has 0 bridgehead atoms. The molecule has 0 fully saturated rings. The fourth-order valence-corrected chi connectivity index (χ4v) is 3.69. The molecule has 6 nitrogen and oxygen atoms in total. The highest BCUT2D eigenvalue weighted by atomic mass is 79.9. The molecule has 2 aromatic rings. The van der Waals surface area contributed by atoms with Gasteiger partial charge in [-0.2, -0.15) is 4.31 Å². The van der Waals surface area contributed by atoms with Crippen LogP contribution in [0.5, 0.6) is 0 Å². The van der Waals surface area contributed by atoms with Crippen molar-refractivity contribution < 1.29 is 17.7 Å². The lowest BCUT2D eigenvalue weighted by Crippen LogP contribution is -2.27. The van der Waals surface area contributed by atoms with Crippen molar-refractivity contribution in [2.24, 2.45) is 0 Å². The summed E-state index contributed by atoms with van der Waals surface area (Å²) in [5.41, 5.74) is -0.363. The summed E-state index contributed by atoms with van der Waals surface area (Å²) in [6.45, 7) is -0.250. The third-order valence-electron chi connectivity index (χ3n) is 3.15. The quantitative estimate of drug-likeness (QED) is 0.567. The molecule has 0 aliphatic rings. The molecule has 0 N–H and O–H groups in total. The molecule has 0 heterocycles. The first-order valence-corrected chi connectivity index (χ1v) is 8.60. The lowest BCUT2D eigenvalue weighted by atomic mass is 10.2. The Morgan fingerprint density at radius 3 is 2.57 bits per heavy atom. The van der Waals surface area contributed by atoms with E-state index in [1.807, 2.05) is 0 Å². The van der Waals surface area contributed by atoms with E-state index in [-0.39, 0.29) is 12.1 Å². The van der Waals surface area contributed by atoms with Gasteiger partial charge in [0.1, 0.15) is 5.82 Å². The molecule has 9 heteroatoms. The van der Waals surface area contributed by atoms with Crippen molar-refractivity contribution in [3.05, 3.63) is 68.4 Å². The number of nitro groups is 1. The second-order valence-corrected chi connectivity index (χ2v) is 7.65. The van der Waals surface area contributed by atoms with Crippen molar-refractivity contribution in [2.45, 2.75) is 11.4 Å². The average molecular weight is 403 g/mol. The Morgan fingerprint density at radius 1 is 1.26 bits per heavy atom. The largest absolute Gasteiger partial charge is 0.289 e. The van der Waals surface area contributed by atoms with Crippen LogP contribution >= 0.6 is 15.9 Å². The van der Waals surface area contributed by atoms with E-state index in [0.29, 0.717) is 4.47 Å². The van der Waals surface area contributed by atoms with Crippen LogP contribution in [0.15, 0.2) is 51.8 Å². The van der Waals surface area contributed by atoms with Crippen LogP contribution in [-0.4, -0.2) is 24.7 Å². The molecule has 0 radical (unpaired) electrons. The summed E-state index contributed by atoms with van der Waals surface area (Å²) in [5.74, 6) is -0.558. The first-order valence-electron chi connectivity index (χ1n) is 6.37. The summed E-state index contributed by atoms with van der Waals surface area (Å²) in [6, 6.07) is 9.21. The number of benzene rings is 2. The Balaban J connectivity index is 2.40. The number of para-hydroxylation sites is 1. The van der Waals surface area contributed by atoms with Crippen LogP contribution in [-0.2, 0) is 16.6 Å². The van der Waals surface area contributed by atoms with Crippen molar-refractivity contribution in [3.63, 3.8) is 0 Å². The van der Waals surface area contributed by atoms with E-state index in [1.165, 1.54) is 37.4 Å². The Labute approximate surface area is 140 Å². The molecule has 23 heavy (non-hydrogen) atoms. The summed E-state index contributed by atoms with van der Waals surface area (Å²) in [7, 11) is -2.89. The second kappa shape index (κ2) is 6.73. The number of sulfonamides is 1. The van der Waals surface area contributed by atoms with E-state index in [9.17, 15) is 22.9 Å². The Hall–Kier alpha value is -1.84. The molecule has 0 unspecified atom stereocenters. The minimum absolute atomic E-state index is 0.157. The zero-order valence-corrected chi connectivity index (χ0v) is 14.3. The highest BCUT2D eigenvalue weighted by molar-refractivity contribution is 9.10. The smallest absolute Gasteiger partial charge is 0.258 e. The SMILES string of the molecule is CN(Cc1cc(Br)ccc1F)S(=O)(=O)c1ccccc1[N+](=O)[O-]. The highest BCUT2D eigenvalue weighted by Gasteiger charge is 2.29. The van der Waals surface area contributed by atoms with E-state index in [2.05, 4.69) is 15.9 Å². The maximum Gasteiger partial charge on any atom is 0.289 e. The fourth-order valence-electron chi connectivity index (χ4n) is 1.98. The van der Waals surface area contributed by atoms with Gasteiger partial charge < -0.3 is 0 Å². The van der Waals surface area contributed by atoms with Crippen LogP contribution in [0.4, 0.5) is 10.1 Å². The number of hydrogen-bond acceptors (Lipinski definition) is 4. The number of nitrogens with zero attached hydrogens (tertiary/aromatic N) is 2. The highest BCUT2D eigenvalue weighted by Crippen LogP contribution is 2.27. The average Bonchev–Trinajstić information content (AvgIpc) is 2.50. The topological polar surface area (TPSA) is 80.5 Å². The molecule has 2 rings (SSSR count). The maximum atomic E-state index is 13.8. The van der Waals surface area contributed by atoms with E-state index < -0.39 is 31.3 Å². The van der Waals surface area contributed by atoms with Crippen molar-refractivity contribution in [1.29, 1.82) is 0 Å². The number of nitro benzene ring substituents is 1. The van der Waals surface area contributed by atoms with Crippen molar-refractivity contribution >= 4 is 31.6 Å². The van der Waals surface area contributed by atoms with Crippen LogP contribution in [0.1, 0.15) is 5.56 Å². The minimum atomic E-state index is -4.13. The van der Waals surface area contributed by atoms with Gasteiger partial charge in [-0.1, -0.05) is 28.1 Å². The predicted octanol–water partition coefficient (Wildman–Crippen LogP) is 3.32. The van der Waals surface area contributed by atoms with Crippen LogP contribution < -0.4 is 0 Å². The first kappa shape index (κ1) is 17.5. The number of halogens is 2. The van der Waals surface area contributed by atoms with Gasteiger partial charge in [0, 0.05) is 29.7 Å². The standard InChI is InChI=1S/C14H12BrFN2O4S/c1-17(9-10-8-11(15)6-7-12(10)16)23(21,22)14-5-3-2-4-13(14)18(19)20/h2-8H,9H2,1H3. The molecule has 122 valence electrons. The predicted molar refractivity (Wildman–Crippen MR) is 85.8 cm³/mol. The number of hydrogen-bond donors (Lipinski definition) is 0. The summed E-state index contributed by atoms with van der Waals surface area (Å²) < 4.78 is 40.3. The third-order valence-corrected chi connectivity index (χ3v) is 5.49. The van der Waals surface area contributed by atoms with Crippen LogP contribution in [0.25, 0.3) is 0 Å². The summed E-state index contributed by atoms with van der Waals surface area (Å²) in [5, 5.41) is 11.0. The van der Waals surface area contributed by atoms with Gasteiger partial charge >= 0.3 is 0 Å².